The second-order valence-corrected chi connectivity index (χ2v) is 10.4. The predicted molar refractivity (Wildman–Crippen MR) is 164 cm³/mol. The number of hydrogen-bond donors (Lipinski definition) is 0. The Morgan fingerprint density at radius 3 is 2.02 bits per heavy atom. The van der Waals surface area contributed by atoms with Crippen molar-refractivity contribution in [2.75, 3.05) is 6.61 Å². The van der Waals surface area contributed by atoms with Crippen molar-refractivity contribution in [3.63, 3.8) is 0 Å². The first-order chi connectivity index (χ1) is 19.7. The lowest BCUT2D eigenvalue weighted by molar-refractivity contribution is 0.0734. The van der Waals surface area contributed by atoms with E-state index in [1.807, 2.05) is 42.7 Å². The van der Waals surface area contributed by atoms with Gasteiger partial charge in [0, 0.05) is 18.0 Å². The topological polar surface area (TPSA) is 61.3 Å². The average Bonchev–Trinajstić information content (AvgIpc) is 2.99. The summed E-state index contributed by atoms with van der Waals surface area (Å²) in [5.41, 5.74) is 2.55. The highest BCUT2D eigenvalue weighted by atomic mass is 16.5. The molecule has 0 aliphatic rings. The maximum Gasteiger partial charge on any atom is 0.343 e. The molecule has 2 aromatic carbocycles. The minimum Gasteiger partial charge on any atom is -0.494 e. The van der Waals surface area contributed by atoms with Crippen molar-refractivity contribution >= 4 is 5.97 Å². The molecule has 40 heavy (non-hydrogen) atoms. The molecule has 0 aliphatic carbocycles. The van der Waals surface area contributed by atoms with Crippen LogP contribution in [-0.2, 0) is 6.42 Å². The lowest BCUT2D eigenvalue weighted by Gasteiger charge is -2.08. The van der Waals surface area contributed by atoms with Crippen molar-refractivity contribution in [1.29, 1.82) is 0 Å². The zero-order valence-corrected chi connectivity index (χ0v) is 24.3. The van der Waals surface area contributed by atoms with Crippen LogP contribution in [0.1, 0.15) is 106 Å². The lowest BCUT2D eigenvalue weighted by Crippen LogP contribution is -2.08. The van der Waals surface area contributed by atoms with Crippen molar-refractivity contribution in [2.24, 2.45) is 0 Å². The number of allylic oxidation sites excluding steroid dienone is 1. The summed E-state index contributed by atoms with van der Waals surface area (Å²) < 4.78 is 11.4. The average molecular weight is 543 g/mol. The molecule has 0 aliphatic heterocycles. The molecule has 3 aromatic rings. The van der Waals surface area contributed by atoms with Crippen LogP contribution in [0.2, 0.25) is 0 Å². The summed E-state index contributed by atoms with van der Waals surface area (Å²) in [6.07, 6.45) is 22.9. The Kier molecular flexibility index (Phi) is 14.6. The van der Waals surface area contributed by atoms with E-state index in [0.717, 1.165) is 30.6 Å². The number of nitrogens with zero attached hydrogens (tertiary/aromatic N) is 2. The number of aryl methyl sites for hydroxylation is 1. The molecular weight excluding hydrogens is 496 g/mol. The highest BCUT2D eigenvalue weighted by Crippen LogP contribution is 2.21. The van der Waals surface area contributed by atoms with Gasteiger partial charge in [0.15, 0.2) is 5.82 Å². The van der Waals surface area contributed by atoms with Crippen molar-refractivity contribution < 1.29 is 14.3 Å². The van der Waals surface area contributed by atoms with E-state index in [2.05, 4.69) is 23.5 Å². The van der Waals surface area contributed by atoms with Gasteiger partial charge in [-0.15, -0.1) is 6.58 Å². The largest absolute Gasteiger partial charge is 0.494 e. The first kappa shape index (κ1) is 31.1. The zero-order valence-electron chi connectivity index (χ0n) is 24.3. The third-order valence-corrected chi connectivity index (χ3v) is 7.01. The molecule has 0 N–H and O–H groups in total. The number of carbonyl (C=O) groups excluding carboxylic acids is 1. The van der Waals surface area contributed by atoms with Crippen LogP contribution >= 0.6 is 0 Å². The molecule has 0 unspecified atom stereocenters. The van der Waals surface area contributed by atoms with Crippen LogP contribution in [0.25, 0.3) is 11.4 Å². The van der Waals surface area contributed by atoms with Gasteiger partial charge in [0.25, 0.3) is 0 Å². The molecular formula is C35H46N2O3. The van der Waals surface area contributed by atoms with Crippen LogP contribution in [0.4, 0.5) is 0 Å². The molecule has 214 valence electrons. The van der Waals surface area contributed by atoms with Crippen molar-refractivity contribution in [1.82, 2.24) is 9.97 Å². The quantitative estimate of drug-likeness (QED) is 0.0615. The molecule has 0 spiro atoms. The fourth-order valence-electron chi connectivity index (χ4n) is 4.56. The van der Waals surface area contributed by atoms with Gasteiger partial charge in [0.05, 0.1) is 12.2 Å². The van der Waals surface area contributed by atoms with Gasteiger partial charge in [-0.05, 0) is 86.2 Å². The van der Waals surface area contributed by atoms with E-state index < -0.39 is 5.97 Å². The number of aromatic nitrogens is 2. The van der Waals surface area contributed by atoms with Crippen LogP contribution in [0.5, 0.6) is 11.5 Å². The molecule has 1 aromatic heterocycles. The summed E-state index contributed by atoms with van der Waals surface area (Å²) in [6.45, 7) is 6.69. The fraction of sp³-hybridized carbons (Fsp3) is 0.457. The summed E-state index contributed by atoms with van der Waals surface area (Å²) in [5.74, 6) is 1.53. The smallest absolute Gasteiger partial charge is 0.343 e. The van der Waals surface area contributed by atoms with Crippen molar-refractivity contribution in [3.8, 4) is 22.9 Å². The molecule has 3 rings (SSSR count). The van der Waals surface area contributed by atoms with Gasteiger partial charge >= 0.3 is 5.97 Å². The maximum absolute atomic E-state index is 12.6. The molecule has 0 saturated heterocycles. The van der Waals surface area contributed by atoms with Gasteiger partial charge in [-0.2, -0.15) is 0 Å². The Balaban J connectivity index is 1.37. The standard InChI is InChI=1S/C35H46N2O3/c1-3-5-7-9-11-12-14-16-26-39-32-22-20-31(21-23-32)35(38)40-33-24-18-30(19-25-33)34-36-27-29(28-37-34)17-15-13-10-8-6-4-2/h3,18-25,27-28H,1,4-17,26H2,2H3. The summed E-state index contributed by atoms with van der Waals surface area (Å²) in [4.78, 5) is 21.7. The van der Waals surface area contributed by atoms with E-state index in [0.29, 0.717) is 23.7 Å². The molecule has 0 bridgehead atoms. The number of esters is 1. The number of carbonyl (C=O) groups is 1. The number of ether oxygens (including phenoxy) is 2. The van der Waals surface area contributed by atoms with Gasteiger partial charge in [0.1, 0.15) is 11.5 Å². The van der Waals surface area contributed by atoms with Crippen LogP contribution in [0.3, 0.4) is 0 Å². The van der Waals surface area contributed by atoms with Crippen LogP contribution < -0.4 is 9.47 Å². The van der Waals surface area contributed by atoms with E-state index in [-0.39, 0.29) is 0 Å². The first-order valence-electron chi connectivity index (χ1n) is 15.2. The summed E-state index contributed by atoms with van der Waals surface area (Å²) in [5, 5.41) is 0. The SMILES string of the molecule is C=CCCCCCCCCOc1ccc(C(=O)Oc2ccc(-c3ncc(CCCCCCCC)cn3)cc2)cc1. The van der Waals surface area contributed by atoms with Crippen molar-refractivity contribution in [3.05, 3.63) is 84.7 Å². The number of rotatable bonds is 20. The van der Waals surface area contributed by atoms with Gasteiger partial charge in [-0.25, -0.2) is 14.8 Å². The second kappa shape index (κ2) is 18.8. The fourth-order valence-corrected chi connectivity index (χ4v) is 4.56. The van der Waals surface area contributed by atoms with Crippen molar-refractivity contribution in [2.45, 2.75) is 96.8 Å². The van der Waals surface area contributed by atoms with E-state index >= 15 is 0 Å². The number of benzene rings is 2. The summed E-state index contributed by atoms with van der Waals surface area (Å²) >= 11 is 0. The highest BCUT2D eigenvalue weighted by Gasteiger charge is 2.10. The molecule has 5 nitrogen and oxygen atoms in total. The zero-order chi connectivity index (χ0) is 28.3. The summed E-state index contributed by atoms with van der Waals surface area (Å²) in [7, 11) is 0. The Hall–Kier alpha value is -3.47. The maximum atomic E-state index is 12.6. The third kappa shape index (κ3) is 11.7. The Bertz CT molecular complexity index is 1110. The highest BCUT2D eigenvalue weighted by molar-refractivity contribution is 5.91. The second-order valence-electron chi connectivity index (χ2n) is 10.4. The molecule has 0 radical (unpaired) electrons. The molecule has 0 atom stereocenters. The first-order valence-corrected chi connectivity index (χ1v) is 15.2. The molecule has 1 heterocycles. The predicted octanol–water partition coefficient (Wildman–Crippen LogP) is 9.56. The van der Waals surface area contributed by atoms with E-state index in [4.69, 9.17) is 9.47 Å². The van der Waals surface area contributed by atoms with Gasteiger partial charge < -0.3 is 9.47 Å². The number of hydrogen-bond acceptors (Lipinski definition) is 5. The third-order valence-electron chi connectivity index (χ3n) is 7.01. The van der Waals surface area contributed by atoms with Crippen LogP contribution in [0, 0.1) is 0 Å². The van der Waals surface area contributed by atoms with Crippen LogP contribution in [-0.4, -0.2) is 22.5 Å². The molecule has 0 amide bonds. The normalized spacial score (nSPS) is 10.8. The molecule has 5 heteroatoms. The summed E-state index contributed by atoms with van der Waals surface area (Å²) in [6, 6.07) is 14.4. The molecule has 0 saturated carbocycles. The Morgan fingerprint density at radius 1 is 0.750 bits per heavy atom. The Morgan fingerprint density at radius 2 is 1.35 bits per heavy atom. The van der Waals surface area contributed by atoms with Gasteiger partial charge in [-0.3, -0.25) is 0 Å². The number of unbranched alkanes of at least 4 members (excludes halogenated alkanes) is 11. The van der Waals surface area contributed by atoms with Crippen LogP contribution in [0.15, 0.2) is 73.6 Å². The molecule has 0 fully saturated rings. The van der Waals surface area contributed by atoms with E-state index in [1.54, 1.807) is 24.3 Å². The van der Waals surface area contributed by atoms with E-state index in [9.17, 15) is 4.79 Å². The van der Waals surface area contributed by atoms with E-state index in [1.165, 1.54) is 76.2 Å². The van der Waals surface area contributed by atoms with Gasteiger partial charge in [0.2, 0.25) is 0 Å². The monoisotopic (exact) mass is 542 g/mol. The lowest BCUT2D eigenvalue weighted by atomic mass is 10.1. The minimum absolute atomic E-state index is 0.397. The van der Waals surface area contributed by atoms with Gasteiger partial charge in [-0.1, -0.05) is 70.8 Å². The Labute approximate surface area is 241 Å². The minimum atomic E-state index is -0.397.